The van der Waals surface area contributed by atoms with Crippen molar-refractivity contribution >= 4 is 23.6 Å². The summed E-state index contributed by atoms with van der Waals surface area (Å²) in [7, 11) is 0. The van der Waals surface area contributed by atoms with Crippen LogP contribution in [0.15, 0.2) is 78.9 Å². The Morgan fingerprint density at radius 1 is 0.704 bits per heavy atom. The average molecular weight is 355 g/mol. The maximum atomic E-state index is 12.5. The molecule has 0 bridgehead atoms. The summed E-state index contributed by atoms with van der Waals surface area (Å²) in [6.45, 7) is 6.37. The predicted molar refractivity (Wildman–Crippen MR) is 115 cm³/mol. The van der Waals surface area contributed by atoms with E-state index >= 15 is 0 Å². The molecule has 0 amide bonds. The summed E-state index contributed by atoms with van der Waals surface area (Å²) in [5, 5.41) is 0. The van der Waals surface area contributed by atoms with Crippen LogP contribution in [0, 0.1) is 0 Å². The first-order valence-corrected chi connectivity index (χ1v) is 9.44. The third kappa shape index (κ3) is 4.73. The first-order valence-electron chi connectivity index (χ1n) is 9.44. The Morgan fingerprint density at radius 2 is 1.19 bits per heavy atom. The third-order valence-corrected chi connectivity index (χ3v) is 4.70. The summed E-state index contributed by atoms with van der Waals surface area (Å²) in [5.74, 6) is 0.0538. The topological polar surface area (TPSA) is 20.3 Å². The van der Waals surface area contributed by atoms with Crippen molar-refractivity contribution in [1.29, 1.82) is 0 Å². The van der Waals surface area contributed by atoms with Gasteiger partial charge in [-0.15, -0.1) is 0 Å². The lowest BCUT2D eigenvalue weighted by Crippen LogP contribution is -2.21. The van der Waals surface area contributed by atoms with Gasteiger partial charge < -0.3 is 4.90 Å². The third-order valence-electron chi connectivity index (χ3n) is 4.70. The van der Waals surface area contributed by atoms with Crippen molar-refractivity contribution < 1.29 is 4.79 Å². The largest absolute Gasteiger partial charge is 0.372 e. The highest BCUT2D eigenvalue weighted by Crippen LogP contribution is 2.17. The molecule has 2 nitrogen and oxygen atoms in total. The van der Waals surface area contributed by atoms with Gasteiger partial charge in [-0.25, -0.2) is 0 Å². The SMILES string of the molecule is CCN(CC)c1ccc(C=Cc2ccc(C(=O)c3ccccc3)cc2)cc1. The van der Waals surface area contributed by atoms with Crippen molar-refractivity contribution in [3.05, 3.63) is 101 Å². The molecule has 3 aromatic rings. The molecule has 0 aliphatic rings. The Balaban J connectivity index is 1.68. The molecule has 0 N–H and O–H groups in total. The Kier molecular flexibility index (Phi) is 6.22. The molecule has 27 heavy (non-hydrogen) atoms. The molecular weight excluding hydrogens is 330 g/mol. The first kappa shape index (κ1) is 18.7. The Labute approximate surface area is 161 Å². The van der Waals surface area contributed by atoms with Crippen molar-refractivity contribution in [2.75, 3.05) is 18.0 Å². The van der Waals surface area contributed by atoms with Gasteiger partial charge in [-0.1, -0.05) is 78.9 Å². The number of nitrogens with zero attached hydrogens (tertiary/aromatic N) is 1. The molecule has 0 saturated heterocycles. The quantitative estimate of drug-likeness (QED) is 0.386. The number of hydrogen-bond acceptors (Lipinski definition) is 2. The zero-order valence-electron chi connectivity index (χ0n) is 15.9. The van der Waals surface area contributed by atoms with E-state index in [2.05, 4.69) is 55.2 Å². The maximum Gasteiger partial charge on any atom is 0.193 e. The summed E-state index contributed by atoms with van der Waals surface area (Å²) in [6, 6.07) is 25.7. The van der Waals surface area contributed by atoms with Gasteiger partial charge in [0.2, 0.25) is 0 Å². The van der Waals surface area contributed by atoms with Crippen molar-refractivity contribution in [3.63, 3.8) is 0 Å². The van der Waals surface area contributed by atoms with Crippen LogP contribution in [0.3, 0.4) is 0 Å². The van der Waals surface area contributed by atoms with Gasteiger partial charge >= 0.3 is 0 Å². The monoisotopic (exact) mass is 355 g/mol. The van der Waals surface area contributed by atoms with E-state index in [-0.39, 0.29) is 5.78 Å². The molecule has 3 rings (SSSR count). The van der Waals surface area contributed by atoms with Crippen LogP contribution in [0.25, 0.3) is 12.2 Å². The minimum Gasteiger partial charge on any atom is -0.372 e. The normalized spacial score (nSPS) is 10.9. The van der Waals surface area contributed by atoms with Gasteiger partial charge in [0, 0.05) is 29.9 Å². The van der Waals surface area contributed by atoms with E-state index in [0.717, 1.165) is 24.2 Å². The van der Waals surface area contributed by atoms with Crippen molar-refractivity contribution in [3.8, 4) is 0 Å². The number of benzene rings is 3. The second-order valence-corrected chi connectivity index (χ2v) is 6.41. The van der Waals surface area contributed by atoms with Crippen molar-refractivity contribution in [2.24, 2.45) is 0 Å². The molecule has 0 heterocycles. The van der Waals surface area contributed by atoms with Crippen LogP contribution >= 0.6 is 0 Å². The number of anilines is 1. The first-order chi connectivity index (χ1) is 13.2. The van der Waals surface area contributed by atoms with Crippen LogP contribution in [0.5, 0.6) is 0 Å². The summed E-state index contributed by atoms with van der Waals surface area (Å²) >= 11 is 0. The van der Waals surface area contributed by atoms with Gasteiger partial charge in [0.05, 0.1) is 0 Å². The van der Waals surface area contributed by atoms with Crippen LogP contribution in [0.4, 0.5) is 5.69 Å². The molecule has 0 spiro atoms. The molecular formula is C25H25NO. The smallest absolute Gasteiger partial charge is 0.193 e. The molecule has 2 heteroatoms. The minimum absolute atomic E-state index is 0.0538. The molecule has 136 valence electrons. The molecule has 0 fully saturated rings. The zero-order valence-corrected chi connectivity index (χ0v) is 15.9. The second-order valence-electron chi connectivity index (χ2n) is 6.41. The van der Waals surface area contributed by atoms with Gasteiger partial charge in [0.25, 0.3) is 0 Å². The van der Waals surface area contributed by atoms with E-state index in [9.17, 15) is 4.79 Å². The molecule has 0 aromatic heterocycles. The standard InChI is InChI=1S/C25H25NO/c1-3-26(4-2)24-18-14-21(15-19-24)11-10-20-12-16-23(17-13-20)25(27)22-8-6-5-7-9-22/h5-19H,3-4H2,1-2H3. The van der Waals surface area contributed by atoms with E-state index in [0.29, 0.717) is 11.1 Å². The Morgan fingerprint density at radius 3 is 1.70 bits per heavy atom. The van der Waals surface area contributed by atoms with Gasteiger partial charge in [-0.3, -0.25) is 4.79 Å². The van der Waals surface area contributed by atoms with E-state index < -0.39 is 0 Å². The van der Waals surface area contributed by atoms with Crippen LogP contribution in [0.1, 0.15) is 40.9 Å². The van der Waals surface area contributed by atoms with Gasteiger partial charge in [-0.05, 0) is 37.1 Å². The van der Waals surface area contributed by atoms with Crippen LogP contribution in [0.2, 0.25) is 0 Å². The minimum atomic E-state index is 0.0538. The number of rotatable bonds is 7. The average Bonchev–Trinajstić information content (AvgIpc) is 2.74. The van der Waals surface area contributed by atoms with E-state index in [1.807, 2.05) is 54.6 Å². The van der Waals surface area contributed by atoms with Crippen LogP contribution in [-0.4, -0.2) is 18.9 Å². The van der Waals surface area contributed by atoms with E-state index in [1.54, 1.807) is 0 Å². The molecule has 0 saturated carbocycles. The fourth-order valence-electron chi connectivity index (χ4n) is 3.08. The fraction of sp³-hybridized carbons (Fsp3) is 0.160. The molecule has 3 aromatic carbocycles. The van der Waals surface area contributed by atoms with Crippen LogP contribution < -0.4 is 4.90 Å². The number of ketones is 1. The Bertz CT molecular complexity index is 889. The summed E-state index contributed by atoms with van der Waals surface area (Å²) in [5.41, 5.74) is 4.92. The molecule has 0 aliphatic heterocycles. The van der Waals surface area contributed by atoms with E-state index in [1.165, 1.54) is 5.69 Å². The highest BCUT2D eigenvalue weighted by molar-refractivity contribution is 6.09. The number of carbonyl (C=O) groups is 1. The summed E-state index contributed by atoms with van der Waals surface area (Å²) < 4.78 is 0. The lowest BCUT2D eigenvalue weighted by atomic mass is 10.0. The van der Waals surface area contributed by atoms with Gasteiger partial charge in [0.15, 0.2) is 5.78 Å². The molecule has 0 atom stereocenters. The highest BCUT2D eigenvalue weighted by Gasteiger charge is 2.07. The summed E-state index contributed by atoms with van der Waals surface area (Å²) in [6.07, 6.45) is 4.17. The van der Waals surface area contributed by atoms with Gasteiger partial charge in [-0.2, -0.15) is 0 Å². The number of carbonyl (C=O) groups excluding carboxylic acids is 1. The Hall–Kier alpha value is -3.13. The lowest BCUT2D eigenvalue weighted by molar-refractivity contribution is 0.103. The molecule has 0 aliphatic carbocycles. The lowest BCUT2D eigenvalue weighted by Gasteiger charge is -2.20. The van der Waals surface area contributed by atoms with Crippen LogP contribution in [-0.2, 0) is 0 Å². The maximum absolute atomic E-state index is 12.5. The number of hydrogen-bond donors (Lipinski definition) is 0. The van der Waals surface area contributed by atoms with Gasteiger partial charge in [0.1, 0.15) is 0 Å². The highest BCUT2D eigenvalue weighted by atomic mass is 16.1. The molecule has 0 unspecified atom stereocenters. The second kappa shape index (κ2) is 9.00. The van der Waals surface area contributed by atoms with Crippen molar-refractivity contribution in [1.82, 2.24) is 0 Å². The predicted octanol–water partition coefficient (Wildman–Crippen LogP) is 5.93. The summed E-state index contributed by atoms with van der Waals surface area (Å²) in [4.78, 5) is 14.8. The van der Waals surface area contributed by atoms with E-state index in [4.69, 9.17) is 0 Å². The van der Waals surface area contributed by atoms with Crippen molar-refractivity contribution in [2.45, 2.75) is 13.8 Å². The molecule has 0 radical (unpaired) electrons. The zero-order chi connectivity index (χ0) is 19.1. The fourth-order valence-corrected chi connectivity index (χ4v) is 3.08.